The Morgan fingerprint density at radius 2 is 2.14 bits per heavy atom. The van der Waals surface area contributed by atoms with Gasteiger partial charge >= 0.3 is 6.09 Å². The number of hydrogen-bond acceptors (Lipinski definition) is 3. The van der Waals surface area contributed by atoms with Crippen molar-refractivity contribution >= 4 is 6.09 Å². The van der Waals surface area contributed by atoms with Crippen LogP contribution in [0.25, 0.3) is 0 Å². The second kappa shape index (κ2) is 4.14. The molecule has 80 valence electrons. The lowest BCUT2D eigenvalue weighted by Crippen LogP contribution is -2.51. The molecular formula is C9H17N3O2. The number of rotatable bonds is 0. The highest BCUT2D eigenvalue weighted by atomic mass is 16.4. The molecule has 0 radical (unpaired) electrons. The van der Waals surface area contributed by atoms with Crippen molar-refractivity contribution in [3.8, 4) is 0 Å². The van der Waals surface area contributed by atoms with Crippen LogP contribution in [0.1, 0.15) is 6.42 Å². The van der Waals surface area contributed by atoms with E-state index in [9.17, 15) is 4.79 Å². The number of piperazine rings is 1. The first-order valence-corrected chi connectivity index (χ1v) is 5.20. The van der Waals surface area contributed by atoms with Gasteiger partial charge < -0.3 is 15.3 Å². The Bertz CT molecular complexity index is 206. The van der Waals surface area contributed by atoms with Crippen LogP contribution in [-0.4, -0.2) is 66.3 Å². The smallest absolute Gasteiger partial charge is 0.407 e. The zero-order valence-electron chi connectivity index (χ0n) is 8.28. The van der Waals surface area contributed by atoms with E-state index >= 15 is 0 Å². The first-order valence-electron chi connectivity index (χ1n) is 5.20. The van der Waals surface area contributed by atoms with E-state index in [0.717, 1.165) is 32.6 Å². The molecule has 2 fully saturated rings. The SMILES string of the molecule is O=C(O)N1CCC2CNCCN2CC1. The van der Waals surface area contributed by atoms with E-state index in [1.165, 1.54) is 4.90 Å². The summed E-state index contributed by atoms with van der Waals surface area (Å²) in [7, 11) is 0. The van der Waals surface area contributed by atoms with Crippen LogP contribution in [0, 0.1) is 0 Å². The normalized spacial score (nSPS) is 29.4. The van der Waals surface area contributed by atoms with Gasteiger partial charge in [-0.3, -0.25) is 4.90 Å². The first kappa shape index (κ1) is 9.73. The molecule has 0 aromatic rings. The monoisotopic (exact) mass is 199 g/mol. The Morgan fingerprint density at radius 3 is 2.93 bits per heavy atom. The molecule has 0 aromatic carbocycles. The highest BCUT2D eigenvalue weighted by Gasteiger charge is 2.27. The molecule has 0 aliphatic carbocycles. The summed E-state index contributed by atoms with van der Waals surface area (Å²) in [5, 5.41) is 12.2. The largest absolute Gasteiger partial charge is 0.465 e. The van der Waals surface area contributed by atoms with E-state index in [2.05, 4.69) is 10.2 Å². The van der Waals surface area contributed by atoms with Gasteiger partial charge in [0.25, 0.3) is 0 Å². The maximum atomic E-state index is 10.8. The Labute approximate surface area is 83.7 Å². The third-order valence-electron chi connectivity index (χ3n) is 3.13. The average Bonchev–Trinajstić information content (AvgIpc) is 2.39. The molecule has 1 unspecified atom stereocenters. The van der Waals surface area contributed by atoms with Gasteiger partial charge in [-0.15, -0.1) is 0 Å². The van der Waals surface area contributed by atoms with E-state index in [0.29, 0.717) is 19.1 Å². The fourth-order valence-corrected chi connectivity index (χ4v) is 2.24. The molecule has 2 aliphatic heterocycles. The first-order chi connectivity index (χ1) is 6.77. The van der Waals surface area contributed by atoms with E-state index in [4.69, 9.17) is 5.11 Å². The number of nitrogens with zero attached hydrogens (tertiary/aromatic N) is 2. The molecule has 0 saturated carbocycles. The lowest BCUT2D eigenvalue weighted by Gasteiger charge is -2.34. The van der Waals surface area contributed by atoms with Crippen LogP contribution in [-0.2, 0) is 0 Å². The van der Waals surface area contributed by atoms with Gasteiger partial charge in [-0.25, -0.2) is 4.79 Å². The summed E-state index contributed by atoms with van der Waals surface area (Å²) in [6.07, 6.45) is 0.178. The Morgan fingerprint density at radius 1 is 1.29 bits per heavy atom. The van der Waals surface area contributed by atoms with Crippen molar-refractivity contribution in [2.24, 2.45) is 0 Å². The Hall–Kier alpha value is -0.810. The summed E-state index contributed by atoms with van der Waals surface area (Å²) < 4.78 is 0. The number of carboxylic acid groups (broad SMARTS) is 1. The van der Waals surface area contributed by atoms with Gasteiger partial charge in [-0.1, -0.05) is 0 Å². The topological polar surface area (TPSA) is 55.8 Å². The number of hydrogen-bond donors (Lipinski definition) is 2. The molecule has 5 heteroatoms. The second-order valence-corrected chi connectivity index (χ2v) is 3.95. The van der Waals surface area contributed by atoms with E-state index < -0.39 is 6.09 Å². The van der Waals surface area contributed by atoms with Gasteiger partial charge in [0.15, 0.2) is 0 Å². The molecule has 14 heavy (non-hydrogen) atoms. The van der Waals surface area contributed by atoms with Gasteiger partial charge in [0.05, 0.1) is 0 Å². The highest BCUT2D eigenvalue weighted by Crippen LogP contribution is 2.12. The van der Waals surface area contributed by atoms with Gasteiger partial charge in [0, 0.05) is 45.3 Å². The third-order valence-corrected chi connectivity index (χ3v) is 3.13. The van der Waals surface area contributed by atoms with Crippen molar-refractivity contribution in [3.05, 3.63) is 0 Å². The molecule has 2 rings (SSSR count). The third kappa shape index (κ3) is 1.99. The van der Waals surface area contributed by atoms with Crippen LogP contribution in [0.5, 0.6) is 0 Å². The second-order valence-electron chi connectivity index (χ2n) is 3.95. The summed E-state index contributed by atoms with van der Waals surface area (Å²) >= 11 is 0. The zero-order valence-corrected chi connectivity index (χ0v) is 8.28. The lowest BCUT2D eigenvalue weighted by molar-refractivity contribution is 0.145. The zero-order chi connectivity index (χ0) is 9.97. The summed E-state index contributed by atoms with van der Waals surface area (Å²) in [5.74, 6) is 0. The van der Waals surface area contributed by atoms with Crippen LogP contribution in [0.3, 0.4) is 0 Å². The predicted molar refractivity (Wildman–Crippen MR) is 52.4 cm³/mol. The van der Waals surface area contributed by atoms with Crippen LogP contribution >= 0.6 is 0 Å². The van der Waals surface area contributed by atoms with Crippen molar-refractivity contribution in [3.63, 3.8) is 0 Å². The lowest BCUT2D eigenvalue weighted by atomic mass is 10.1. The maximum Gasteiger partial charge on any atom is 0.407 e. The number of nitrogens with one attached hydrogen (secondary N) is 1. The van der Waals surface area contributed by atoms with Crippen LogP contribution in [0.15, 0.2) is 0 Å². The molecule has 2 saturated heterocycles. The molecule has 2 heterocycles. The van der Waals surface area contributed by atoms with E-state index in [1.54, 1.807) is 0 Å². The van der Waals surface area contributed by atoms with Crippen LogP contribution in [0.2, 0.25) is 0 Å². The molecule has 0 bridgehead atoms. The number of amides is 1. The molecule has 1 atom stereocenters. The van der Waals surface area contributed by atoms with E-state index in [-0.39, 0.29) is 0 Å². The number of fused-ring (bicyclic) bond motifs is 1. The minimum absolute atomic E-state index is 0.535. The van der Waals surface area contributed by atoms with Gasteiger partial charge in [-0.05, 0) is 6.42 Å². The molecule has 0 spiro atoms. The van der Waals surface area contributed by atoms with Crippen molar-refractivity contribution in [1.29, 1.82) is 0 Å². The van der Waals surface area contributed by atoms with Crippen LogP contribution in [0.4, 0.5) is 4.79 Å². The molecule has 0 aromatic heterocycles. The van der Waals surface area contributed by atoms with Crippen molar-refractivity contribution < 1.29 is 9.90 Å². The minimum atomic E-state index is -0.780. The quantitative estimate of drug-likeness (QED) is 0.559. The molecule has 1 amide bonds. The maximum absolute atomic E-state index is 10.8. The minimum Gasteiger partial charge on any atom is -0.465 e. The van der Waals surface area contributed by atoms with E-state index in [1.807, 2.05) is 0 Å². The summed E-state index contributed by atoms with van der Waals surface area (Å²) in [4.78, 5) is 14.7. The fourth-order valence-electron chi connectivity index (χ4n) is 2.24. The summed E-state index contributed by atoms with van der Waals surface area (Å²) in [5.41, 5.74) is 0. The standard InChI is InChI=1S/C9H17N3O2/c13-9(14)12-3-1-8-7-10-2-4-11(8)5-6-12/h8,10H,1-7H2,(H,13,14). The molecule has 2 N–H and O–H groups in total. The van der Waals surface area contributed by atoms with Gasteiger partial charge in [0.1, 0.15) is 0 Å². The summed E-state index contributed by atoms with van der Waals surface area (Å²) in [6, 6.07) is 0.535. The highest BCUT2D eigenvalue weighted by molar-refractivity contribution is 5.64. The Kier molecular flexibility index (Phi) is 2.88. The van der Waals surface area contributed by atoms with Gasteiger partial charge in [0.2, 0.25) is 0 Å². The molecule has 5 nitrogen and oxygen atoms in total. The number of carbonyl (C=O) groups is 1. The van der Waals surface area contributed by atoms with Crippen molar-refractivity contribution in [2.75, 3.05) is 39.3 Å². The van der Waals surface area contributed by atoms with Crippen LogP contribution < -0.4 is 5.32 Å². The Balaban J connectivity index is 1.95. The molecular weight excluding hydrogens is 182 g/mol. The summed E-state index contributed by atoms with van der Waals surface area (Å²) in [6.45, 7) is 5.32. The molecule has 2 aliphatic rings. The predicted octanol–water partition coefficient (Wildman–Crippen LogP) is -0.356. The fraction of sp³-hybridized carbons (Fsp3) is 0.889. The van der Waals surface area contributed by atoms with Crippen molar-refractivity contribution in [2.45, 2.75) is 12.5 Å². The average molecular weight is 199 g/mol. The van der Waals surface area contributed by atoms with Gasteiger partial charge in [-0.2, -0.15) is 0 Å². The van der Waals surface area contributed by atoms with Crippen molar-refractivity contribution in [1.82, 2.24) is 15.1 Å².